The largest absolute Gasteiger partial charge is 0.445 e. The first kappa shape index (κ1) is 14.3. The molecule has 1 unspecified atom stereocenters. The maximum Gasteiger partial charge on any atom is 0.208 e. The number of oxazole rings is 1. The topological polar surface area (TPSA) is 41.3 Å². The minimum absolute atomic E-state index is 0.104. The van der Waals surface area contributed by atoms with Crippen LogP contribution in [-0.4, -0.2) is 28.5 Å². The molecule has 2 heterocycles. The van der Waals surface area contributed by atoms with Gasteiger partial charge in [-0.25, -0.2) is 4.98 Å². The summed E-state index contributed by atoms with van der Waals surface area (Å²) in [5.74, 6) is 1.67. The van der Waals surface area contributed by atoms with Gasteiger partial charge in [0.2, 0.25) is 5.89 Å². The molecule has 112 valence electrons. The third kappa shape index (κ3) is 3.34. The van der Waals surface area contributed by atoms with Crippen molar-refractivity contribution in [1.82, 2.24) is 15.2 Å². The molecule has 2 aromatic rings. The van der Waals surface area contributed by atoms with Gasteiger partial charge in [-0.2, -0.15) is 0 Å². The number of aryl methyl sites for hydroxylation is 1. The van der Waals surface area contributed by atoms with Gasteiger partial charge in [-0.05, 0) is 26.3 Å². The molecule has 1 N–H and O–H groups in total. The van der Waals surface area contributed by atoms with E-state index in [2.05, 4.69) is 59.4 Å². The monoisotopic (exact) mass is 285 g/mol. The first-order valence-corrected chi connectivity index (χ1v) is 7.49. The van der Waals surface area contributed by atoms with Crippen LogP contribution in [0.25, 0.3) is 0 Å². The van der Waals surface area contributed by atoms with Crippen LogP contribution >= 0.6 is 0 Å². The molecule has 0 radical (unpaired) electrons. The summed E-state index contributed by atoms with van der Waals surface area (Å²) in [7, 11) is 0. The molecule has 21 heavy (non-hydrogen) atoms. The Morgan fingerprint density at radius 1 is 1.33 bits per heavy atom. The first-order chi connectivity index (χ1) is 10.0. The van der Waals surface area contributed by atoms with E-state index in [4.69, 9.17) is 4.42 Å². The molecule has 0 saturated carbocycles. The number of aromatic nitrogens is 1. The second-order valence-electron chi connectivity index (χ2n) is 6.46. The van der Waals surface area contributed by atoms with E-state index in [1.54, 1.807) is 6.20 Å². The van der Waals surface area contributed by atoms with Gasteiger partial charge in [-0.1, -0.05) is 30.3 Å². The third-order valence-corrected chi connectivity index (χ3v) is 4.00. The Bertz CT molecular complexity index is 591. The van der Waals surface area contributed by atoms with Gasteiger partial charge in [0.1, 0.15) is 5.76 Å². The zero-order valence-electron chi connectivity index (χ0n) is 13.0. The van der Waals surface area contributed by atoms with E-state index in [0.717, 1.165) is 31.3 Å². The Morgan fingerprint density at radius 3 is 2.76 bits per heavy atom. The summed E-state index contributed by atoms with van der Waals surface area (Å²) in [4.78, 5) is 6.81. The van der Waals surface area contributed by atoms with Crippen LogP contribution in [-0.2, 0) is 6.54 Å². The van der Waals surface area contributed by atoms with Crippen LogP contribution in [0.1, 0.15) is 37.1 Å². The summed E-state index contributed by atoms with van der Waals surface area (Å²) in [5, 5.41) is 3.64. The Labute approximate surface area is 126 Å². The van der Waals surface area contributed by atoms with Gasteiger partial charge in [0.05, 0.1) is 12.7 Å². The van der Waals surface area contributed by atoms with Crippen molar-refractivity contribution in [1.29, 1.82) is 0 Å². The fourth-order valence-electron chi connectivity index (χ4n) is 2.99. The van der Waals surface area contributed by atoms with Crippen molar-refractivity contribution >= 4 is 0 Å². The van der Waals surface area contributed by atoms with Gasteiger partial charge in [0.15, 0.2) is 0 Å². The summed E-state index contributed by atoms with van der Waals surface area (Å²) in [6.45, 7) is 9.07. The Morgan fingerprint density at radius 2 is 2.10 bits per heavy atom. The Balaban J connectivity index is 1.83. The third-order valence-electron chi connectivity index (χ3n) is 4.00. The highest BCUT2D eigenvalue weighted by atomic mass is 16.4. The summed E-state index contributed by atoms with van der Waals surface area (Å²) >= 11 is 0. The molecule has 4 heteroatoms. The molecular weight excluding hydrogens is 262 g/mol. The van der Waals surface area contributed by atoms with Crippen LogP contribution in [0.2, 0.25) is 0 Å². The first-order valence-electron chi connectivity index (χ1n) is 7.49. The molecule has 0 spiro atoms. The zero-order valence-corrected chi connectivity index (χ0v) is 13.0. The zero-order chi connectivity index (χ0) is 14.9. The number of nitrogens with zero attached hydrogens (tertiary/aromatic N) is 2. The molecule has 0 aliphatic carbocycles. The van der Waals surface area contributed by atoms with Gasteiger partial charge < -0.3 is 9.73 Å². The number of piperazine rings is 1. The Hall–Kier alpha value is -1.65. The molecule has 1 aromatic carbocycles. The quantitative estimate of drug-likeness (QED) is 0.941. The van der Waals surface area contributed by atoms with Gasteiger partial charge >= 0.3 is 0 Å². The molecule has 1 fully saturated rings. The van der Waals surface area contributed by atoms with Crippen LogP contribution in [0.4, 0.5) is 0 Å². The maximum atomic E-state index is 5.67. The van der Waals surface area contributed by atoms with E-state index in [-0.39, 0.29) is 5.54 Å². The minimum Gasteiger partial charge on any atom is -0.445 e. The van der Waals surface area contributed by atoms with Gasteiger partial charge in [0.25, 0.3) is 0 Å². The fraction of sp³-hybridized carbons (Fsp3) is 0.471. The molecule has 1 aromatic heterocycles. The lowest BCUT2D eigenvalue weighted by Crippen LogP contribution is -2.57. The average Bonchev–Trinajstić information content (AvgIpc) is 2.84. The number of benzene rings is 1. The van der Waals surface area contributed by atoms with Crippen molar-refractivity contribution in [3.8, 4) is 0 Å². The predicted molar refractivity (Wildman–Crippen MR) is 82.9 cm³/mol. The standard InChI is InChI=1S/C17H23N3O/c1-13-9-18-16(21-13)11-20-12-17(2,3)19-10-15(20)14-7-5-4-6-8-14/h4-9,15,19H,10-12H2,1-3H3. The molecule has 3 rings (SSSR count). The van der Waals surface area contributed by atoms with Crippen LogP contribution in [0.15, 0.2) is 40.9 Å². The van der Waals surface area contributed by atoms with Crippen molar-refractivity contribution in [2.45, 2.75) is 38.9 Å². The van der Waals surface area contributed by atoms with Gasteiger partial charge in [-0.3, -0.25) is 4.90 Å². The highest BCUT2D eigenvalue weighted by Gasteiger charge is 2.33. The highest BCUT2D eigenvalue weighted by Crippen LogP contribution is 2.28. The van der Waals surface area contributed by atoms with Crippen molar-refractivity contribution in [3.05, 3.63) is 53.7 Å². The molecule has 1 aliphatic heterocycles. The van der Waals surface area contributed by atoms with Crippen LogP contribution < -0.4 is 5.32 Å². The lowest BCUT2D eigenvalue weighted by Gasteiger charge is -2.44. The van der Waals surface area contributed by atoms with E-state index in [1.807, 2.05) is 6.92 Å². The number of hydrogen-bond donors (Lipinski definition) is 1. The summed E-state index contributed by atoms with van der Waals surface area (Å²) in [6, 6.07) is 11.0. The number of hydrogen-bond acceptors (Lipinski definition) is 4. The van der Waals surface area contributed by atoms with Crippen molar-refractivity contribution in [3.63, 3.8) is 0 Å². The van der Waals surface area contributed by atoms with E-state index < -0.39 is 0 Å². The van der Waals surface area contributed by atoms with Crippen LogP contribution in [0.3, 0.4) is 0 Å². The molecule has 0 amide bonds. The van der Waals surface area contributed by atoms with Crippen LogP contribution in [0, 0.1) is 6.92 Å². The van der Waals surface area contributed by atoms with E-state index in [9.17, 15) is 0 Å². The number of nitrogens with one attached hydrogen (secondary N) is 1. The van der Waals surface area contributed by atoms with Crippen molar-refractivity contribution < 1.29 is 4.42 Å². The van der Waals surface area contributed by atoms with E-state index in [0.29, 0.717) is 6.04 Å². The summed E-state index contributed by atoms with van der Waals surface area (Å²) in [6.07, 6.45) is 1.79. The lowest BCUT2D eigenvalue weighted by atomic mass is 9.95. The second-order valence-corrected chi connectivity index (χ2v) is 6.46. The maximum absolute atomic E-state index is 5.67. The highest BCUT2D eigenvalue weighted by molar-refractivity contribution is 5.21. The van der Waals surface area contributed by atoms with E-state index >= 15 is 0 Å². The van der Waals surface area contributed by atoms with Crippen molar-refractivity contribution in [2.24, 2.45) is 0 Å². The summed E-state index contributed by atoms with van der Waals surface area (Å²) < 4.78 is 5.67. The van der Waals surface area contributed by atoms with Crippen LogP contribution in [0.5, 0.6) is 0 Å². The molecule has 1 atom stereocenters. The molecule has 1 aliphatic rings. The lowest BCUT2D eigenvalue weighted by molar-refractivity contribution is 0.0793. The fourth-order valence-corrected chi connectivity index (χ4v) is 2.99. The molecule has 0 bridgehead atoms. The molecule has 4 nitrogen and oxygen atoms in total. The Kier molecular flexibility index (Phi) is 3.83. The second kappa shape index (κ2) is 5.62. The number of rotatable bonds is 3. The van der Waals surface area contributed by atoms with Crippen molar-refractivity contribution in [2.75, 3.05) is 13.1 Å². The van der Waals surface area contributed by atoms with Gasteiger partial charge in [-0.15, -0.1) is 0 Å². The SMILES string of the molecule is Cc1cnc(CN2CC(C)(C)NCC2c2ccccc2)o1. The smallest absolute Gasteiger partial charge is 0.208 e. The van der Waals surface area contributed by atoms with E-state index in [1.165, 1.54) is 5.56 Å². The normalized spacial score (nSPS) is 22.3. The van der Waals surface area contributed by atoms with Gasteiger partial charge in [0, 0.05) is 24.7 Å². The molecular formula is C17H23N3O. The average molecular weight is 285 g/mol. The predicted octanol–water partition coefficient (Wildman–Crippen LogP) is 2.91. The minimum atomic E-state index is 0.104. The summed E-state index contributed by atoms with van der Waals surface area (Å²) in [5.41, 5.74) is 1.44. The molecule has 1 saturated heterocycles.